The summed E-state index contributed by atoms with van der Waals surface area (Å²) in [6.45, 7) is 29.6. The average molecular weight is 945 g/mol. The zero-order valence-electron chi connectivity index (χ0n) is 44.8. The monoisotopic (exact) mass is 945 g/mol. The summed E-state index contributed by atoms with van der Waals surface area (Å²) >= 11 is 0. The Balaban J connectivity index is 1.22. The van der Waals surface area contributed by atoms with Gasteiger partial charge in [0.1, 0.15) is 23.0 Å². The summed E-state index contributed by atoms with van der Waals surface area (Å²) in [7, 11) is 0. The minimum absolute atomic E-state index is 0.104. The first-order valence-electron chi connectivity index (χ1n) is 26.3. The lowest BCUT2D eigenvalue weighted by molar-refractivity contribution is -0.117. The zero-order chi connectivity index (χ0) is 50.3. The van der Waals surface area contributed by atoms with E-state index in [2.05, 4.69) is 116 Å². The number of fused-ring (bicyclic) bond motifs is 1. The highest BCUT2D eigenvalue weighted by Crippen LogP contribution is 2.46. The molecule has 2 saturated carbocycles. The van der Waals surface area contributed by atoms with Crippen molar-refractivity contribution in [2.24, 2.45) is 0 Å². The van der Waals surface area contributed by atoms with Crippen molar-refractivity contribution in [2.75, 3.05) is 0 Å². The molecule has 0 aliphatic heterocycles. The van der Waals surface area contributed by atoms with Crippen molar-refractivity contribution in [3.05, 3.63) is 161 Å². The number of hydrogen-bond acceptors (Lipinski definition) is 6. The normalized spacial score (nSPS) is 16.6. The fourth-order valence-electron chi connectivity index (χ4n) is 12.0. The van der Waals surface area contributed by atoms with Gasteiger partial charge in [0.25, 0.3) is 0 Å². The number of hydrogen-bond donors (Lipinski definition) is 2. The molecule has 6 heteroatoms. The van der Waals surface area contributed by atoms with Crippen LogP contribution in [-0.2, 0) is 9.47 Å². The second-order valence-electron chi connectivity index (χ2n) is 21.4. The van der Waals surface area contributed by atoms with E-state index >= 15 is 0 Å². The molecule has 2 aliphatic rings. The van der Waals surface area contributed by atoms with Crippen LogP contribution < -0.4 is 9.47 Å². The van der Waals surface area contributed by atoms with E-state index in [0.29, 0.717) is 11.5 Å². The summed E-state index contributed by atoms with van der Waals surface area (Å²) < 4.78 is 26.2. The summed E-state index contributed by atoms with van der Waals surface area (Å²) in [6, 6.07) is 22.9. The second-order valence-corrected chi connectivity index (χ2v) is 21.4. The van der Waals surface area contributed by atoms with Crippen molar-refractivity contribution in [1.82, 2.24) is 0 Å². The van der Waals surface area contributed by atoms with Gasteiger partial charge in [0.15, 0.2) is 12.6 Å². The third kappa shape index (κ3) is 10.2. The van der Waals surface area contributed by atoms with E-state index in [9.17, 15) is 10.2 Å². The molecule has 0 heterocycles. The zero-order valence-corrected chi connectivity index (χ0v) is 44.8. The van der Waals surface area contributed by atoms with Crippen molar-refractivity contribution >= 4 is 10.8 Å². The van der Waals surface area contributed by atoms with Gasteiger partial charge in [-0.3, -0.25) is 0 Å². The maximum atomic E-state index is 11.2. The number of rotatable bonds is 14. The summed E-state index contributed by atoms with van der Waals surface area (Å²) in [5.41, 5.74) is 19.7. The van der Waals surface area contributed by atoms with Gasteiger partial charge in [-0.25, -0.2) is 0 Å². The van der Waals surface area contributed by atoms with Crippen molar-refractivity contribution in [2.45, 2.75) is 198 Å². The van der Waals surface area contributed by atoms with Crippen LogP contribution in [0.15, 0.2) is 60.7 Å². The largest absolute Gasteiger partial charge is 0.507 e. The molecule has 2 fully saturated rings. The van der Waals surface area contributed by atoms with Gasteiger partial charge in [0, 0.05) is 11.8 Å². The van der Waals surface area contributed by atoms with Gasteiger partial charge in [0.2, 0.25) is 0 Å². The Kier molecular flexibility index (Phi) is 15.5. The SMILES string of the molecule is Cc1cc(C(c2ccc3cc(C(c4cc(C)c(O)c(C)c4C)c4cc(C)c(OC(C)OC5CCCCC5)c(C)c4C)ccc3c2)c2cc(C)c(OC(C)OC3CCCCC3)c(C)c2C)c(C)c(C)c1O. The van der Waals surface area contributed by atoms with Gasteiger partial charge in [-0.05, 0) is 234 Å². The number of aryl methyl sites for hydroxylation is 4. The van der Waals surface area contributed by atoms with Gasteiger partial charge < -0.3 is 29.2 Å². The molecule has 0 radical (unpaired) electrons. The number of aromatic hydroxyl groups is 2. The summed E-state index contributed by atoms with van der Waals surface area (Å²) in [4.78, 5) is 0. The number of ether oxygens (including phenoxy) is 4. The molecule has 8 rings (SSSR count). The predicted molar refractivity (Wildman–Crippen MR) is 288 cm³/mol. The molecule has 6 aromatic rings. The molecule has 4 atom stereocenters. The maximum Gasteiger partial charge on any atom is 0.197 e. The first-order chi connectivity index (χ1) is 33.3. The highest BCUT2D eigenvalue weighted by atomic mass is 16.7. The molecule has 2 aliphatic carbocycles. The standard InChI is InChI=1S/C64H80O6/c1-35-29-55(39(5)43(9)61(35)65)59(57-31-37(3)63(45(11)41(57)7)69-47(13)67-53-21-17-15-18-22-53)51-27-25-50-34-52(28-26-49(50)33-51)60(56-30-36(2)62(66)44(10)40(56)6)58-32-38(4)64(46(12)42(58)8)70-48(14)68-54-23-19-16-20-24-54/h25-34,47-48,53-54,59-60,65-66H,15-24H2,1-14H3. The lowest BCUT2D eigenvalue weighted by Crippen LogP contribution is -2.26. The van der Waals surface area contributed by atoms with E-state index in [4.69, 9.17) is 18.9 Å². The number of benzene rings is 6. The van der Waals surface area contributed by atoms with Gasteiger partial charge in [0.05, 0.1) is 12.2 Å². The van der Waals surface area contributed by atoms with Crippen LogP contribution in [0.5, 0.6) is 23.0 Å². The fraction of sp³-hybridized carbons (Fsp3) is 0.469. The van der Waals surface area contributed by atoms with Gasteiger partial charge in [-0.2, -0.15) is 0 Å². The minimum Gasteiger partial charge on any atom is -0.507 e. The molecule has 70 heavy (non-hydrogen) atoms. The molecule has 0 bridgehead atoms. The van der Waals surface area contributed by atoms with Crippen LogP contribution in [0, 0.1) is 83.1 Å². The molecule has 0 amide bonds. The molecular weight excluding hydrogens is 865 g/mol. The number of phenolic OH excluding ortho intramolecular Hbond substituents is 2. The van der Waals surface area contributed by atoms with Crippen LogP contribution in [0.1, 0.15) is 190 Å². The van der Waals surface area contributed by atoms with Crippen molar-refractivity contribution < 1.29 is 29.2 Å². The summed E-state index contributed by atoms with van der Waals surface area (Å²) in [5.74, 6) is 2.30. The van der Waals surface area contributed by atoms with E-state index in [0.717, 1.165) is 104 Å². The van der Waals surface area contributed by atoms with Crippen molar-refractivity contribution in [1.29, 1.82) is 0 Å². The highest BCUT2D eigenvalue weighted by molar-refractivity contribution is 5.85. The first kappa shape index (κ1) is 51.1. The van der Waals surface area contributed by atoms with Crippen LogP contribution >= 0.6 is 0 Å². The Hall–Kier alpha value is -5.30. The van der Waals surface area contributed by atoms with Crippen LogP contribution in [0.2, 0.25) is 0 Å². The van der Waals surface area contributed by atoms with Crippen LogP contribution in [0.25, 0.3) is 10.8 Å². The molecule has 372 valence electrons. The van der Waals surface area contributed by atoms with E-state index < -0.39 is 0 Å². The molecule has 6 nitrogen and oxygen atoms in total. The molecule has 0 aromatic heterocycles. The van der Waals surface area contributed by atoms with Gasteiger partial charge in [-0.1, -0.05) is 99.2 Å². The number of phenols is 2. The van der Waals surface area contributed by atoms with Crippen LogP contribution in [-0.4, -0.2) is 35.0 Å². The first-order valence-corrected chi connectivity index (χ1v) is 26.3. The second kappa shape index (κ2) is 21.2. The third-order valence-corrected chi connectivity index (χ3v) is 16.6. The molecule has 0 spiro atoms. The smallest absolute Gasteiger partial charge is 0.197 e. The summed E-state index contributed by atoms with van der Waals surface area (Å²) in [6.07, 6.45) is 11.7. The van der Waals surface area contributed by atoms with Crippen molar-refractivity contribution in [3.63, 3.8) is 0 Å². The van der Waals surface area contributed by atoms with Gasteiger partial charge in [-0.15, -0.1) is 0 Å². The molecular formula is C64H80O6. The molecule has 0 saturated heterocycles. The average Bonchev–Trinajstić information content (AvgIpc) is 3.34. The third-order valence-electron chi connectivity index (χ3n) is 16.6. The fourth-order valence-corrected chi connectivity index (χ4v) is 12.0. The van der Waals surface area contributed by atoms with E-state index in [1.54, 1.807) is 0 Å². The Labute approximate surface area is 419 Å². The molecule has 2 N–H and O–H groups in total. The lowest BCUT2D eigenvalue weighted by atomic mass is 9.76. The minimum atomic E-state index is -0.341. The topological polar surface area (TPSA) is 77.4 Å². The molecule has 6 aromatic carbocycles. The van der Waals surface area contributed by atoms with E-state index in [1.807, 2.05) is 41.5 Å². The predicted octanol–water partition coefficient (Wildman–Crippen LogP) is 16.5. The Morgan fingerprint density at radius 3 is 1.04 bits per heavy atom. The van der Waals surface area contributed by atoms with Gasteiger partial charge >= 0.3 is 0 Å². The Morgan fingerprint density at radius 1 is 0.386 bits per heavy atom. The maximum absolute atomic E-state index is 11.2. The highest BCUT2D eigenvalue weighted by Gasteiger charge is 2.30. The summed E-state index contributed by atoms with van der Waals surface area (Å²) in [5, 5.41) is 24.6. The van der Waals surface area contributed by atoms with Crippen molar-refractivity contribution in [3.8, 4) is 23.0 Å². The quantitative estimate of drug-likeness (QED) is 0.0837. The van der Waals surface area contributed by atoms with Crippen LogP contribution in [0.4, 0.5) is 0 Å². The van der Waals surface area contributed by atoms with Crippen LogP contribution in [0.3, 0.4) is 0 Å². The van der Waals surface area contributed by atoms with E-state index in [-0.39, 0.29) is 36.6 Å². The van der Waals surface area contributed by atoms with E-state index in [1.165, 1.54) is 83.0 Å². The Morgan fingerprint density at radius 2 is 0.700 bits per heavy atom. The Bertz CT molecular complexity index is 2700. The lowest BCUT2D eigenvalue weighted by Gasteiger charge is -2.30. The molecule has 4 unspecified atom stereocenters.